The lowest BCUT2D eigenvalue weighted by molar-refractivity contribution is 0.0944. The molecule has 6 heteroatoms. The van der Waals surface area contributed by atoms with Gasteiger partial charge in [-0.25, -0.2) is 0 Å². The first-order chi connectivity index (χ1) is 9.81. The van der Waals surface area contributed by atoms with Crippen LogP contribution in [0.15, 0.2) is 0 Å². The van der Waals surface area contributed by atoms with E-state index in [-0.39, 0.29) is 17.4 Å². The molecule has 0 radical (unpaired) electrons. The number of hydrogen-bond acceptors (Lipinski definition) is 5. The second-order valence-electron chi connectivity index (χ2n) is 6.83. The predicted octanol–water partition coefficient (Wildman–Crippen LogP) is 3.24. The molecule has 1 amide bonds. The number of aromatic nitrogens is 1. The second-order valence-corrected chi connectivity index (χ2v) is 7.60. The second kappa shape index (κ2) is 6.22. The molecule has 1 aliphatic rings. The molecule has 0 aromatic carbocycles. The monoisotopic (exact) mass is 310 g/mol. The highest BCUT2D eigenvalue weighted by atomic mass is 32.1. The van der Waals surface area contributed by atoms with Crippen molar-refractivity contribution in [1.82, 2.24) is 9.69 Å². The molecule has 1 saturated carbocycles. The number of nitrogens with one attached hydrogen (secondary N) is 2. The summed E-state index contributed by atoms with van der Waals surface area (Å²) in [5, 5.41) is 7.22. The van der Waals surface area contributed by atoms with E-state index < -0.39 is 0 Å². The van der Waals surface area contributed by atoms with Crippen LogP contribution in [0.4, 0.5) is 10.8 Å². The highest BCUT2D eigenvalue weighted by molar-refractivity contribution is 7.11. The van der Waals surface area contributed by atoms with Crippen molar-refractivity contribution in [3.63, 3.8) is 0 Å². The number of carbonyl (C=O) groups excluding carboxylic acids is 1. The Labute approximate surface area is 130 Å². The van der Waals surface area contributed by atoms with E-state index >= 15 is 0 Å². The molecule has 1 aliphatic carbocycles. The summed E-state index contributed by atoms with van der Waals surface area (Å²) in [6.07, 6.45) is 4.82. The molecule has 1 unspecified atom stereocenters. The van der Waals surface area contributed by atoms with Gasteiger partial charge in [0.05, 0.1) is 0 Å². The third-order valence-corrected chi connectivity index (χ3v) is 4.97. The van der Waals surface area contributed by atoms with Crippen molar-refractivity contribution in [2.45, 2.75) is 65.5 Å². The standard InChI is InChI=1S/C15H26N4OS/c1-9(2)17-13(20)11-12(16)19-21-14(11)18-10-7-5-6-8-15(10,3)4/h9-10,18H,5-8H2,1-4H3,(H2,16,19)(H,17,20). The van der Waals surface area contributed by atoms with Crippen LogP contribution in [0.25, 0.3) is 0 Å². The summed E-state index contributed by atoms with van der Waals surface area (Å²) in [6.45, 7) is 8.43. The van der Waals surface area contributed by atoms with Gasteiger partial charge in [-0.05, 0) is 43.6 Å². The minimum Gasteiger partial charge on any atom is -0.382 e. The van der Waals surface area contributed by atoms with Crippen LogP contribution in [0.1, 0.15) is 63.7 Å². The molecule has 1 atom stereocenters. The van der Waals surface area contributed by atoms with E-state index in [9.17, 15) is 4.79 Å². The van der Waals surface area contributed by atoms with E-state index in [1.54, 1.807) is 0 Å². The molecule has 118 valence electrons. The summed E-state index contributed by atoms with van der Waals surface area (Å²) >= 11 is 1.28. The van der Waals surface area contributed by atoms with Gasteiger partial charge in [0.15, 0.2) is 5.82 Å². The van der Waals surface area contributed by atoms with Crippen molar-refractivity contribution in [2.75, 3.05) is 11.1 Å². The number of nitrogens with zero attached hydrogens (tertiary/aromatic N) is 1. The number of amides is 1. The van der Waals surface area contributed by atoms with Crippen molar-refractivity contribution in [3.8, 4) is 0 Å². The van der Waals surface area contributed by atoms with Gasteiger partial charge in [0.2, 0.25) is 0 Å². The highest BCUT2D eigenvalue weighted by Crippen LogP contribution is 2.39. The number of hydrogen-bond donors (Lipinski definition) is 3. The van der Waals surface area contributed by atoms with E-state index in [1.807, 2.05) is 13.8 Å². The van der Waals surface area contributed by atoms with E-state index in [0.717, 1.165) is 11.4 Å². The van der Waals surface area contributed by atoms with Crippen molar-refractivity contribution in [3.05, 3.63) is 5.56 Å². The predicted molar refractivity (Wildman–Crippen MR) is 88.8 cm³/mol. The zero-order chi connectivity index (χ0) is 15.6. The van der Waals surface area contributed by atoms with Gasteiger partial charge in [-0.15, -0.1) is 0 Å². The van der Waals surface area contributed by atoms with Gasteiger partial charge < -0.3 is 16.4 Å². The Morgan fingerprint density at radius 3 is 2.76 bits per heavy atom. The molecular formula is C15H26N4OS. The molecular weight excluding hydrogens is 284 g/mol. The summed E-state index contributed by atoms with van der Waals surface area (Å²) in [4.78, 5) is 12.3. The van der Waals surface area contributed by atoms with Crippen LogP contribution in [0.2, 0.25) is 0 Å². The molecule has 1 fully saturated rings. The summed E-state index contributed by atoms with van der Waals surface area (Å²) in [5.74, 6) is 0.168. The smallest absolute Gasteiger partial charge is 0.258 e. The Morgan fingerprint density at radius 2 is 2.14 bits per heavy atom. The minimum absolute atomic E-state index is 0.0794. The molecule has 0 aliphatic heterocycles. The topological polar surface area (TPSA) is 80.0 Å². The fourth-order valence-electron chi connectivity index (χ4n) is 2.87. The fraction of sp³-hybridized carbons (Fsp3) is 0.733. The van der Waals surface area contributed by atoms with Crippen LogP contribution in [0.5, 0.6) is 0 Å². The average Bonchev–Trinajstić information content (AvgIpc) is 2.72. The normalized spacial score (nSPS) is 21.3. The molecule has 4 N–H and O–H groups in total. The molecule has 5 nitrogen and oxygen atoms in total. The summed E-state index contributed by atoms with van der Waals surface area (Å²) in [7, 11) is 0. The lowest BCUT2D eigenvalue weighted by Crippen LogP contribution is -2.39. The summed E-state index contributed by atoms with van der Waals surface area (Å²) in [5.41, 5.74) is 6.61. The maximum Gasteiger partial charge on any atom is 0.258 e. The van der Waals surface area contributed by atoms with Crippen LogP contribution >= 0.6 is 11.5 Å². The van der Waals surface area contributed by atoms with Crippen molar-refractivity contribution < 1.29 is 4.79 Å². The Balaban J connectivity index is 2.19. The molecule has 0 bridgehead atoms. The molecule has 0 spiro atoms. The number of nitrogens with two attached hydrogens (primary N) is 1. The van der Waals surface area contributed by atoms with Crippen molar-refractivity contribution in [1.29, 1.82) is 0 Å². The largest absolute Gasteiger partial charge is 0.382 e. The van der Waals surface area contributed by atoms with E-state index in [4.69, 9.17) is 5.73 Å². The van der Waals surface area contributed by atoms with Crippen molar-refractivity contribution >= 4 is 28.3 Å². The van der Waals surface area contributed by atoms with E-state index in [0.29, 0.717) is 17.4 Å². The average molecular weight is 310 g/mol. The van der Waals surface area contributed by atoms with Crippen LogP contribution in [-0.2, 0) is 0 Å². The number of carbonyl (C=O) groups is 1. The first-order valence-corrected chi connectivity index (χ1v) is 8.41. The minimum atomic E-state index is -0.146. The zero-order valence-electron chi connectivity index (χ0n) is 13.3. The fourth-order valence-corrected chi connectivity index (χ4v) is 3.64. The molecule has 0 saturated heterocycles. The third-order valence-electron chi connectivity index (χ3n) is 4.18. The Hall–Kier alpha value is -1.30. The summed E-state index contributed by atoms with van der Waals surface area (Å²) < 4.78 is 4.15. The summed E-state index contributed by atoms with van der Waals surface area (Å²) in [6, 6.07) is 0.437. The van der Waals surface area contributed by atoms with Crippen molar-refractivity contribution in [2.24, 2.45) is 5.41 Å². The number of nitrogen functional groups attached to an aromatic ring is 1. The maximum atomic E-state index is 12.3. The quantitative estimate of drug-likeness (QED) is 0.797. The molecule has 1 heterocycles. The number of anilines is 2. The van der Waals surface area contributed by atoms with Crippen LogP contribution in [0.3, 0.4) is 0 Å². The first-order valence-electron chi connectivity index (χ1n) is 7.64. The van der Waals surface area contributed by atoms with Crippen LogP contribution < -0.4 is 16.4 Å². The highest BCUT2D eigenvalue weighted by Gasteiger charge is 2.33. The van der Waals surface area contributed by atoms with Gasteiger partial charge in [0.25, 0.3) is 5.91 Å². The Kier molecular flexibility index (Phi) is 4.76. The van der Waals surface area contributed by atoms with Gasteiger partial charge in [-0.2, -0.15) is 4.37 Å². The third kappa shape index (κ3) is 3.67. The molecule has 2 rings (SSSR count). The van der Waals surface area contributed by atoms with Crippen LogP contribution in [-0.4, -0.2) is 22.4 Å². The molecule has 1 aromatic rings. The van der Waals surface area contributed by atoms with E-state index in [2.05, 4.69) is 28.9 Å². The first kappa shape index (κ1) is 16.1. The lowest BCUT2D eigenvalue weighted by Gasteiger charge is -2.39. The zero-order valence-corrected chi connectivity index (χ0v) is 14.1. The number of rotatable bonds is 4. The molecule has 1 aromatic heterocycles. The Bertz CT molecular complexity index is 510. The van der Waals surface area contributed by atoms with Gasteiger partial charge in [-0.3, -0.25) is 4.79 Å². The SMILES string of the molecule is CC(C)NC(=O)c1c(N)nsc1NC1CCCCC1(C)C. The van der Waals surface area contributed by atoms with Gasteiger partial charge in [0, 0.05) is 12.1 Å². The van der Waals surface area contributed by atoms with Gasteiger partial charge in [0.1, 0.15) is 10.6 Å². The maximum absolute atomic E-state index is 12.3. The Morgan fingerprint density at radius 1 is 1.43 bits per heavy atom. The van der Waals surface area contributed by atoms with Crippen LogP contribution in [0, 0.1) is 5.41 Å². The molecule has 21 heavy (non-hydrogen) atoms. The van der Waals surface area contributed by atoms with E-state index in [1.165, 1.54) is 30.8 Å². The lowest BCUT2D eigenvalue weighted by atomic mass is 9.73. The van der Waals surface area contributed by atoms with Gasteiger partial charge >= 0.3 is 0 Å². The van der Waals surface area contributed by atoms with Gasteiger partial charge in [-0.1, -0.05) is 26.7 Å².